The van der Waals surface area contributed by atoms with Crippen LogP contribution < -0.4 is 0 Å². The minimum absolute atomic E-state index is 0.0228. The van der Waals surface area contributed by atoms with Gasteiger partial charge in [0.15, 0.2) is 0 Å². The molecule has 0 radical (unpaired) electrons. The highest BCUT2D eigenvalue weighted by Gasteiger charge is 2.24. The molecule has 0 fully saturated rings. The van der Waals surface area contributed by atoms with E-state index >= 15 is 0 Å². The lowest BCUT2D eigenvalue weighted by atomic mass is 10.0. The predicted octanol–water partition coefficient (Wildman–Crippen LogP) is 2.37. The molecule has 112 valence electrons. The summed E-state index contributed by atoms with van der Waals surface area (Å²) < 4.78 is 18.3. The molecule has 0 atom stereocenters. The Morgan fingerprint density at radius 2 is 2.24 bits per heavy atom. The Hall–Kier alpha value is -1.95. The van der Waals surface area contributed by atoms with Crippen LogP contribution >= 0.6 is 11.6 Å². The summed E-state index contributed by atoms with van der Waals surface area (Å²) in [6.07, 6.45) is 0.599. The van der Waals surface area contributed by atoms with Gasteiger partial charge in [0.1, 0.15) is 12.4 Å². The molecule has 0 aromatic heterocycles. The Morgan fingerprint density at radius 1 is 1.48 bits per heavy atom. The van der Waals surface area contributed by atoms with Gasteiger partial charge in [0.05, 0.1) is 17.3 Å². The minimum atomic E-state index is -0.550. The highest BCUT2D eigenvalue weighted by molar-refractivity contribution is 6.30. The number of hydrazone groups is 1. The van der Waals surface area contributed by atoms with Gasteiger partial charge in [-0.15, -0.1) is 0 Å². The van der Waals surface area contributed by atoms with Crippen LogP contribution in [0.4, 0.5) is 4.39 Å². The van der Waals surface area contributed by atoms with Crippen molar-refractivity contribution in [1.82, 2.24) is 5.01 Å². The van der Waals surface area contributed by atoms with Crippen molar-refractivity contribution in [2.75, 3.05) is 13.2 Å². The summed E-state index contributed by atoms with van der Waals surface area (Å²) in [5.41, 5.74) is 1.08. The molecule has 1 amide bonds. The van der Waals surface area contributed by atoms with Gasteiger partial charge in [0.25, 0.3) is 0 Å². The van der Waals surface area contributed by atoms with Gasteiger partial charge >= 0.3 is 5.97 Å². The number of rotatable bonds is 4. The lowest BCUT2D eigenvalue weighted by molar-refractivity contribution is -0.149. The van der Waals surface area contributed by atoms with Crippen LogP contribution in [0.5, 0.6) is 0 Å². The average molecular weight is 313 g/mol. The third-order valence-corrected chi connectivity index (χ3v) is 3.25. The molecular formula is C14H14ClFN2O3. The molecule has 1 heterocycles. The molecule has 5 nitrogen and oxygen atoms in total. The minimum Gasteiger partial charge on any atom is -0.465 e. The van der Waals surface area contributed by atoms with Gasteiger partial charge in [0.2, 0.25) is 5.91 Å². The van der Waals surface area contributed by atoms with Crippen LogP contribution in [0.15, 0.2) is 23.3 Å². The topological polar surface area (TPSA) is 59.0 Å². The van der Waals surface area contributed by atoms with Crippen LogP contribution in [0.3, 0.4) is 0 Å². The molecular weight excluding hydrogens is 299 g/mol. The molecule has 21 heavy (non-hydrogen) atoms. The summed E-state index contributed by atoms with van der Waals surface area (Å²) in [4.78, 5) is 23.2. The molecule has 0 aliphatic carbocycles. The Kier molecular flexibility index (Phi) is 4.90. The van der Waals surface area contributed by atoms with Crippen molar-refractivity contribution in [3.8, 4) is 0 Å². The van der Waals surface area contributed by atoms with Crippen LogP contribution in [0, 0.1) is 5.82 Å². The number of benzene rings is 1. The number of hydrogen-bond acceptors (Lipinski definition) is 4. The zero-order chi connectivity index (χ0) is 15.4. The molecule has 2 rings (SSSR count). The first kappa shape index (κ1) is 15.4. The second-order valence-electron chi connectivity index (χ2n) is 4.43. The first-order valence-electron chi connectivity index (χ1n) is 6.50. The number of carbonyl (C=O) groups excluding carboxylic acids is 2. The van der Waals surface area contributed by atoms with Crippen molar-refractivity contribution >= 4 is 29.2 Å². The molecule has 0 spiro atoms. The maximum Gasteiger partial charge on any atom is 0.327 e. The van der Waals surface area contributed by atoms with E-state index in [0.717, 1.165) is 5.01 Å². The van der Waals surface area contributed by atoms with Crippen LogP contribution in [-0.4, -0.2) is 35.7 Å². The molecule has 0 saturated heterocycles. The molecule has 7 heteroatoms. The standard InChI is InChI=1S/C14H14ClFN2O3/c1-2-21-14(20)8-18-13(19)6-5-12(17-18)9-3-4-10(15)11(16)7-9/h3-4,7H,2,5-6,8H2,1H3. The number of nitrogens with zero attached hydrogens (tertiary/aromatic N) is 2. The summed E-state index contributed by atoms with van der Waals surface area (Å²) in [6.45, 7) is 1.67. The monoisotopic (exact) mass is 312 g/mol. The van der Waals surface area contributed by atoms with Gasteiger partial charge < -0.3 is 4.74 Å². The lowest BCUT2D eigenvalue weighted by Gasteiger charge is -2.22. The molecule has 1 aromatic carbocycles. The Balaban J connectivity index is 2.21. The molecule has 1 aliphatic heterocycles. The zero-order valence-electron chi connectivity index (χ0n) is 11.4. The Morgan fingerprint density at radius 3 is 2.90 bits per heavy atom. The van der Waals surface area contributed by atoms with Crippen LogP contribution in [-0.2, 0) is 14.3 Å². The Bertz CT molecular complexity index is 604. The molecule has 0 saturated carbocycles. The van der Waals surface area contributed by atoms with Crippen molar-refractivity contribution in [1.29, 1.82) is 0 Å². The number of ether oxygens (including phenoxy) is 1. The second-order valence-corrected chi connectivity index (χ2v) is 4.84. The highest BCUT2D eigenvalue weighted by atomic mass is 35.5. The van der Waals surface area contributed by atoms with Crippen LogP contribution in [0.2, 0.25) is 5.02 Å². The number of carbonyl (C=O) groups is 2. The normalized spacial score (nSPS) is 14.9. The number of amides is 1. The number of halogens is 2. The number of hydrogen-bond donors (Lipinski definition) is 0. The zero-order valence-corrected chi connectivity index (χ0v) is 12.2. The average Bonchev–Trinajstić information content (AvgIpc) is 2.44. The fraction of sp³-hybridized carbons (Fsp3) is 0.357. The summed E-state index contributed by atoms with van der Waals surface area (Å²) in [5, 5.41) is 5.20. The first-order valence-corrected chi connectivity index (χ1v) is 6.88. The predicted molar refractivity (Wildman–Crippen MR) is 75.5 cm³/mol. The summed E-state index contributed by atoms with van der Waals surface area (Å²) in [5.74, 6) is -1.34. The molecule has 0 N–H and O–H groups in total. The molecule has 1 aliphatic rings. The van der Waals surface area contributed by atoms with Gasteiger partial charge in [-0.1, -0.05) is 17.7 Å². The fourth-order valence-corrected chi connectivity index (χ4v) is 2.05. The summed E-state index contributed by atoms with van der Waals surface area (Å²) in [7, 11) is 0. The van der Waals surface area contributed by atoms with E-state index in [1.165, 1.54) is 12.1 Å². The summed E-state index contributed by atoms with van der Waals surface area (Å²) in [6, 6.07) is 4.32. The first-order chi connectivity index (χ1) is 10.0. The van der Waals surface area contributed by atoms with E-state index in [4.69, 9.17) is 16.3 Å². The largest absolute Gasteiger partial charge is 0.465 e. The molecule has 1 aromatic rings. The smallest absolute Gasteiger partial charge is 0.327 e. The lowest BCUT2D eigenvalue weighted by Crippen LogP contribution is -2.36. The van der Waals surface area contributed by atoms with Crippen molar-refractivity contribution in [2.24, 2.45) is 5.10 Å². The van der Waals surface area contributed by atoms with E-state index in [2.05, 4.69) is 5.10 Å². The molecule has 0 bridgehead atoms. The maximum atomic E-state index is 13.5. The van der Waals surface area contributed by atoms with E-state index in [0.29, 0.717) is 17.7 Å². The van der Waals surface area contributed by atoms with Gasteiger partial charge in [-0.25, -0.2) is 9.40 Å². The molecule has 0 unspecified atom stereocenters. The SMILES string of the molecule is CCOC(=O)CN1N=C(c2ccc(Cl)c(F)c2)CCC1=O. The van der Waals surface area contributed by atoms with E-state index < -0.39 is 11.8 Å². The van der Waals surface area contributed by atoms with Crippen LogP contribution in [0.25, 0.3) is 0 Å². The van der Waals surface area contributed by atoms with Crippen molar-refractivity contribution in [2.45, 2.75) is 19.8 Å². The van der Waals surface area contributed by atoms with Gasteiger partial charge in [-0.3, -0.25) is 9.59 Å². The van der Waals surface area contributed by atoms with E-state index in [-0.39, 0.29) is 30.5 Å². The van der Waals surface area contributed by atoms with Crippen molar-refractivity contribution in [3.05, 3.63) is 34.6 Å². The summed E-state index contributed by atoms with van der Waals surface area (Å²) >= 11 is 5.63. The second kappa shape index (κ2) is 6.67. The maximum absolute atomic E-state index is 13.5. The van der Waals surface area contributed by atoms with Gasteiger partial charge in [0, 0.05) is 18.4 Å². The van der Waals surface area contributed by atoms with E-state index in [1.807, 2.05) is 0 Å². The van der Waals surface area contributed by atoms with Crippen LogP contribution in [0.1, 0.15) is 25.3 Å². The number of esters is 1. The van der Waals surface area contributed by atoms with Gasteiger partial charge in [-0.2, -0.15) is 5.10 Å². The van der Waals surface area contributed by atoms with E-state index in [1.54, 1.807) is 13.0 Å². The third kappa shape index (κ3) is 3.78. The van der Waals surface area contributed by atoms with Crippen molar-refractivity contribution < 1.29 is 18.7 Å². The van der Waals surface area contributed by atoms with Crippen molar-refractivity contribution in [3.63, 3.8) is 0 Å². The van der Waals surface area contributed by atoms with Gasteiger partial charge in [-0.05, 0) is 19.1 Å². The van der Waals surface area contributed by atoms with E-state index in [9.17, 15) is 14.0 Å². The quantitative estimate of drug-likeness (QED) is 0.802. The Labute approximate surface area is 126 Å². The third-order valence-electron chi connectivity index (χ3n) is 2.94. The fourth-order valence-electron chi connectivity index (χ4n) is 1.94. The highest BCUT2D eigenvalue weighted by Crippen LogP contribution is 2.20.